The van der Waals surface area contributed by atoms with Crippen molar-refractivity contribution in [2.24, 2.45) is 5.11 Å². The van der Waals surface area contributed by atoms with Gasteiger partial charge < -0.3 is 18.9 Å². The second kappa shape index (κ2) is 13.6. The van der Waals surface area contributed by atoms with E-state index in [4.69, 9.17) is 47.7 Å². The van der Waals surface area contributed by atoms with Crippen molar-refractivity contribution in [3.05, 3.63) is 38.2 Å². The highest BCUT2D eigenvalue weighted by Crippen LogP contribution is 2.34. The van der Waals surface area contributed by atoms with E-state index in [2.05, 4.69) is 10.0 Å². The monoisotopic (exact) mass is 405 g/mol. The number of rotatable bonds is 13. The maximum atomic E-state index is 11.8. The van der Waals surface area contributed by atoms with E-state index < -0.39 is 5.97 Å². The summed E-state index contributed by atoms with van der Waals surface area (Å²) in [7, 11) is 0. The summed E-state index contributed by atoms with van der Waals surface area (Å²) in [6.07, 6.45) is 0.0725. The molecule has 1 aromatic carbocycles. The number of ether oxygens (including phenoxy) is 4. The summed E-state index contributed by atoms with van der Waals surface area (Å²) in [5, 5.41) is 3.92. The second-order valence-corrected chi connectivity index (χ2v) is 5.89. The number of azide groups is 1. The molecule has 1 rings (SSSR count). The molecular formula is C16H21Cl2N3O5. The van der Waals surface area contributed by atoms with Crippen LogP contribution in [-0.4, -0.2) is 52.2 Å². The molecule has 1 aromatic rings. The van der Waals surface area contributed by atoms with Gasteiger partial charge in [-0.25, -0.2) is 0 Å². The average Bonchev–Trinajstić information content (AvgIpc) is 2.59. The van der Waals surface area contributed by atoms with Crippen molar-refractivity contribution in [2.75, 3.05) is 46.2 Å². The molecule has 144 valence electrons. The highest BCUT2D eigenvalue weighted by atomic mass is 35.5. The number of esters is 1. The number of halogens is 2. The molecule has 8 nitrogen and oxygen atoms in total. The Morgan fingerprint density at radius 2 is 1.58 bits per heavy atom. The lowest BCUT2D eigenvalue weighted by atomic mass is 10.2. The van der Waals surface area contributed by atoms with Crippen molar-refractivity contribution in [3.63, 3.8) is 0 Å². The topological polar surface area (TPSA) is 103 Å². The molecule has 0 saturated heterocycles. The lowest BCUT2D eigenvalue weighted by Gasteiger charge is -2.09. The summed E-state index contributed by atoms with van der Waals surface area (Å²) in [5.41, 5.74) is 8.95. The first-order chi connectivity index (χ1) is 12.5. The quantitative estimate of drug-likeness (QED) is 0.123. The van der Waals surface area contributed by atoms with E-state index in [0.717, 1.165) is 5.56 Å². The van der Waals surface area contributed by atoms with Crippen LogP contribution in [0.1, 0.15) is 12.0 Å². The van der Waals surface area contributed by atoms with Crippen LogP contribution in [0.5, 0.6) is 5.75 Å². The van der Waals surface area contributed by atoms with Crippen LogP contribution in [0.3, 0.4) is 0 Å². The highest BCUT2D eigenvalue weighted by Gasteiger charge is 2.13. The van der Waals surface area contributed by atoms with Gasteiger partial charge >= 0.3 is 5.97 Å². The molecule has 0 saturated carbocycles. The van der Waals surface area contributed by atoms with Crippen LogP contribution in [0.15, 0.2) is 17.2 Å². The van der Waals surface area contributed by atoms with E-state index >= 15 is 0 Å². The van der Waals surface area contributed by atoms with Crippen molar-refractivity contribution in [1.29, 1.82) is 0 Å². The smallest absolute Gasteiger partial charge is 0.313 e. The van der Waals surface area contributed by atoms with Crippen LogP contribution in [0.4, 0.5) is 0 Å². The first-order valence-corrected chi connectivity index (χ1v) is 8.70. The van der Waals surface area contributed by atoms with Crippen molar-refractivity contribution in [2.45, 2.75) is 13.3 Å². The summed E-state index contributed by atoms with van der Waals surface area (Å²) >= 11 is 12.0. The third-order valence-corrected chi connectivity index (χ3v) is 3.51. The lowest BCUT2D eigenvalue weighted by molar-refractivity contribution is -0.135. The van der Waals surface area contributed by atoms with E-state index in [1.54, 1.807) is 12.1 Å². The molecule has 0 heterocycles. The molecule has 0 amide bonds. The number of hydrogen-bond acceptors (Lipinski definition) is 6. The molecular weight excluding hydrogens is 385 g/mol. The molecule has 0 bridgehead atoms. The zero-order valence-electron chi connectivity index (χ0n) is 14.5. The highest BCUT2D eigenvalue weighted by molar-refractivity contribution is 6.37. The number of carbonyl (C=O) groups is 1. The van der Waals surface area contributed by atoms with Crippen LogP contribution in [0.2, 0.25) is 10.0 Å². The van der Waals surface area contributed by atoms with Gasteiger partial charge in [-0.1, -0.05) is 28.3 Å². The zero-order valence-corrected chi connectivity index (χ0v) is 16.0. The normalized spacial score (nSPS) is 10.4. The first-order valence-electron chi connectivity index (χ1n) is 7.95. The second-order valence-electron chi connectivity index (χ2n) is 5.07. The third kappa shape index (κ3) is 9.82. The van der Waals surface area contributed by atoms with Crippen LogP contribution < -0.4 is 4.74 Å². The van der Waals surface area contributed by atoms with Gasteiger partial charge in [0.1, 0.15) is 0 Å². The summed E-state index contributed by atoms with van der Waals surface area (Å²) in [5.74, 6) is -0.320. The molecule has 0 fully saturated rings. The molecule has 0 atom stereocenters. The van der Waals surface area contributed by atoms with Gasteiger partial charge in [-0.2, -0.15) is 0 Å². The van der Waals surface area contributed by atoms with Gasteiger partial charge in [-0.05, 0) is 30.2 Å². The molecule has 0 aromatic heterocycles. The Hall–Kier alpha value is -1.54. The van der Waals surface area contributed by atoms with Gasteiger partial charge in [0.25, 0.3) is 0 Å². The summed E-state index contributed by atoms with van der Waals surface area (Å²) in [4.78, 5) is 14.4. The van der Waals surface area contributed by atoms with E-state index in [1.165, 1.54) is 0 Å². The van der Waals surface area contributed by atoms with E-state index in [9.17, 15) is 4.79 Å². The van der Waals surface area contributed by atoms with E-state index in [1.807, 2.05) is 6.92 Å². The minimum absolute atomic E-state index is 0.0725. The zero-order chi connectivity index (χ0) is 19.2. The Morgan fingerprint density at radius 3 is 2.15 bits per heavy atom. The Bertz CT molecular complexity index is 601. The predicted molar refractivity (Wildman–Crippen MR) is 97.9 cm³/mol. The lowest BCUT2D eigenvalue weighted by Crippen LogP contribution is -2.14. The van der Waals surface area contributed by atoms with Gasteiger partial charge in [0.05, 0.1) is 56.1 Å². The Labute approximate surface area is 161 Å². The standard InChI is InChI=1S/C16H21Cl2N3O5/c1-12-10-13(17)16(14(18)11-12)26-15(22)2-4-23-6-8-25-9-7-24-5-3-20-21-19/h10-11H,2-9H2,1H3. The first kappa shape index (κ1) is 22.5. The van der Waals surface area contributed by atoms with Crippen LogP contribution in [0, 0.1) is 6.92 Å². The van der Waals surface area contributed by atoms with Crippen LogP contribution in [-0.2, 0) is 19.0 Å². The average molecular weight is 406 g/mol. The minimum Gasteiger partial charge on any atom is -0.423 e. The van der Waals surface area contributed by atoms with E-state index in [0.29, 0.717) is 49.6 Å². The number of benzene rings is 1. The minimum atomic E-state index is -0.480. The van der Waals surface area contributed by atoms with Gasteiger partial charge in [-0.15, -0.1) is 0 Å². The number of hydrogen-bond donors (Lipinski definition) is 0. The van der Waals surface area contributed by atoms with Crippen molar-refractivity contribution >= 4 is 29.2 Å². The van der Waals surface area contributed by atoms with Gasteiger partial charge in [-0.3, -0.25) is 4.79 Å². The van der Waals surface area contributed by atoms with Crippen LogP contribution >= 0.6 is 23.2 Å². The SMILES string of the molecule is Cc1cc(Cl)c(OC(=O)CCOCCOCCOCCN=[N+]=[N-])c(Cl)c1. The third-order valence-electron chi connectivity index (χ3n) is 2.95. The number of nitrogens with zero attached hydrogens (tertiary/aromatic N) is 3. The van der Waals surface area contributed by atoms with Gasteiger partial charge in [0.15, 0.2) is 5.75 Å². The molecule has 0 aliphatic rings. The fraction of sp³-hybridized carbons (Fsp3) is 0.562. The maximum Gasteiger partial charge on any atom is 0.313 e. The Morgan fingerprint density at radius 1 is 1.04 bits per heavy atom. The Balaban J connectivity index is 2.04. The molecule has 10 heteroatoms. The largest absolute Gasteiger partial charge is 0.423 e. The van der Waals surface area contributed by atoms with Gasteiger partial charge in [0, 0.05) is 11.5 Å². The van der Waals surface area contributed by atoms with Crippen molar-refractivity contribution < 1.29 is 23.7 Å². The fourth-order valence-corrected chi connectivity index (χ4v) is 2.47. The molecule has 0 spiro atoms. The summed E-state index contributed by atoms with van der Waals surface area (Å²) in [6.45, 7) is 4.25. The van der Waals surface area contributed by atoms with E-state index in [-0.39, 0.29) is 18.8 Å². The number of aryl methyl sites for hydroxylation is 1. The molecule has 0 unspecified atom stereocenters. The van der Waals surface area contributed by atoms with Gasteiger partial charge in [0.2, 0.25) is 0 Å². The Kier molecular flexibility index (Phi) is 11.8. The maximum absolute atomic E-state index is 11.8. The molecule has 0 aliphatic heterocycles. The summed E-state index contributed by atoms with van der Waals surface area (Å²) < 4.78 is 20.9. The molecule has 26 heavy (non-hydrogen) atoms. The number of carbonyl (C=O) groups excluding carboxylic acids is 1. The van der Waals surface area contributed by atoms with Crippen LogP contribution in [0.25, 0.3) is 10.4 Å². The molecule has 0 N–H and O–H groups in total. The molecule has 0 radical (unpaired) electrons. The van der Waals surface area contributed by atoms with Crippen molar-refractivity contribution in [3.8, 4) is 5.75 Å². The molecule has 0 aliphatic carbocycles. The predicted octanol–water partition coefficient (Wildman–Crippen LogP) is 3.96. The summed E-state index contributed by atoms with van der Waals surface area (Å²) in [6, 6.07) is 3.34. The fourth-order valence-electron chi connectivity index (χ4n) is 1.80. The van der Waals surface area contributed by atoms with Crippen molar-refractivity contribution in [1.82, 2.24) is 0 Å².